The number of furan rings is 1. The zero-order valence-electron chi connectivity index (χ0n) is 14.4. The van der Waals surface area contributed by atoms with Crippen LogP contribution in [0.5, 0.6) is 0 Å². The summed E-state index contributed by atoms with van der Waals surface area (Å²) >= 11 is 6.39. The summed E-state index contributed by atoms with van der Waals surface area (Å²) in [6, 6.07) is 2.12. The van der Waals surface area contributed by atoms with E-state index in [4.69, 9.17) is 21.8 Å². The SMILES string of the molecule is Cc1cncc2oc(-c3c(Cl)nc(N)nc3N[C@H]3CC[C@@H](CO)C3)cc12. The van der Waals surface area contributed by atoms with Crippen molar-refractivity contribution >= 4 is 34.3 Å². The van der Waals surface area contributed by atoms with Crippen molar-refractivity contribution in [3.63, 3.8) is 0 Å². The number of aliphatic hydroxyl groups is 1. The molecule has 0 unspecified atom stereocenters. The molecule has 1 saturated carbocycles. The average Bonchev–Trinajstić information content (AvgIpc) is 3.21. The standard InChI is InChI=1S/C18H20ClN5O2/c1-9-6-21-7-14-12(9)5-13(26-14)15-16(19)23-18(20)24-17(15)22-11-3-2-10(4-11)8-25/h5-7,10-11,25H,2-4,8H2,1H3,(H3,20,22,23,24)/t10-,11+/m1/s1. The first-order valence-electron chi connectivity index (χ1n) is 8.60. The average molecular weight is 374 g/mol. The Morgan fingerprint density at radius 1 is 1.35 bits per heavy atom. The smallest absolute Gasteiger partial charge is 0.223 e. The van der Waals surface area contributed by atoms with Crippen LogP contribution in [-0.4, -0.2) is 32.7 Å². The largest absolute Gasteiger partial charge is 0.454 e. The molecule has 4 rings (SSSR count). The minimum absolute atomic E-state index is 0.104. The number of nitrogens with zero attached hydrogens (tertiary/aromatic N) is 3. The van der Waals surface area contributed by atoms with E-state index < -0.39 is 0 Å². The van der Waals surface area contributed by atoms with Crippen LogP contribution in [0.25, 0.3) is 22.3 Å². The highest BCUT2D eigenvalue weighted by atomic mass is 35.5. The van der Waals surface area contributed by atoms with Crippen molar-refractivity contribution < 1.29 is 9.52 Å². The van der Waals surface area contributed by atoms with Crippen LogP contribution in [0.15, 0.2) is 22.9 Å². The molecule has 0 bridgehead atoms. The van der Waals surface area contributed by atoms with E-state index in [1.165, 1.54) is 0 Å². The summed E-state index contributed by atoms with van der Waals surface area (Å²) in [7, 11) is 0. The Balaban J connectivity index is 1.76. The van der Waals surface area contributed by atoms with E-state index in [0.29, 0.717) is 28.6 Å². The van der Waals surface area contributed by atoms with Gasteiger partial charge in [0.15, 0.2) is 5.58 Å². The second-order valence-electron chi connectivity index (χ2n) is 6.78. The predicted molar refractivity (Wildman–Crippen MR) is 101 cm³/mol. The van der Waals surface area contributed by atoms with Gasteiger partial charge in [-0.25, -0.2) is 4.98 Å². The normalized spacial score (nSPS) is 20.0. The Hall–Kier alpha value is -2.38. The molecule has 3 heterocycles. The molecule has 0 saturated heterocycles. The predicted octanol–water partition coefficient (Wildman–Crippen LogP) is 3.40. The zero-order valence-corrected chi connectivity index (χ0v) is 15.1. The van der Waals surface area contributed by atoms with E-state index in [9.17, 15) is 5.11 Å². The Morgan fingerprint density at radius 3 is 2.92 bits per heavy atom. The summed E-state index contributed by atoms with van der Waals surface area (Å²) in [6.45, 7) is 2.18. The van der Waals surface area contributed by atoms with Crippen LogP contribution in [0.2, 0.25) is 5.15 Å². The molecule has 26 heavy (non-hydrogen) atoms. The number of nitrogens with two attached hydrogens (primary N) is 1. The zero-order chi connectivity index (χ0) is 18.3. The van der Waals surface area contributed by atoms with E-state index in [0.717, 1.165) is 30.2 Å². The molecule has 3 aromatic rings. The number of nitrogen functional groups attached to an aromatic ring is 1. The van der Waals surface area contributed by atoms with Gasteiger partial charge < -0.3 is 20.6 Å². The Labute approximate surface area is 155 Å². The van der Waals surface area contributed by atoms with E-state index in [1.807, 2.05) is 13.0 Å². The third kappa shape index (κ3) is 3.08. The third-order valence-corrected chi connectivity index (χ3v) is 5.19. The molecule has 0 spiro atoms. The minimum atomic E-state index is 0.104. The molecule has 1 aliphatic rings. The Bertz CT molecular complexity index is 958. The molecular formula is C18H20ClN5O2. The van der Waals surface area contributed by atoms with Gasteiger partial charge in [0, 0.05) is 24.2 Å². The Morgan fingerprint density at radius 2 is 2.19 bits per heavy atom. The topological polar surface area (TPSA) is 110 Å². The van der Waals surface area contributed by atoms with Crippen LogP contribution < -0.4 is 11.1 Å². The van der Waals surface area contributed by atoms with Gasteiger partial charge in [-0.15, -0.1) is 0 Å². The fourth-order valence-corrected chi connectivity index (χ4v) is 3.83. The van der Waals surface area contributed by atoms with E-state index in [1.54, 1.807) is 12.4 Å². The third-order valence-electron chi connectivity index (χ3n) is 4.91. The van der Waals surface area contributed by atoms with Crippen LogP contribution in [0, 0.1) is 12.8 Å². The number of hydrogen-bond donors (Lipinski definition) is 3. The van der Waals surface area contributed by atoms with Gasteiger partial charge in [0.25, 0.3) is 0 Å². The van der Waals surface area contributed by atoms with Crippen molar-refractivity contribution in [2.45, 2.75) is 32.2 Å². The molecule has 8 heteroatoms. The van der Waals surface area contributed by atoms with Gasteiger partial charge in [-0.2, -0.15) is 4.98 Å². The number of aryl methyl sites for hydroxylation is 1. The number of hydrogen-bond acceptors (Lipinski definition) is 7. The molecule has 1 fully saturated rings. The highest BCUT2D eigenvalue weighted by molar-refractivity contribution is 6.32. The van der Waals surface area contributed by atoms with Crippen LogP contribution in [0.4, 0.5) is 11.8 Å². The van der Waals surface area contributed by atoms with Crippen LogP contribution in [0.3, 0.4) is 0 Å². The monoisotopic (exact) mass is 373 g/mol. The van der Waals surface area contributed by atoms with E-state index in [-0.39, 0.29) is 23.8 Å². The van der Waals surface area contributed by atoms with Crippen LogP contribution >= 0.6 is 11.6 Å². The first kappa shape index (κ1) is 17.1. The summed E-state index contributed by atoms with van der Waals surface area (Å²) < 4.78 is 5.96. The molecule has 3 aromatic heterocycles. The molecule has 0 amide bonds. The van der Waals surface area contributed by atoms with Crippen molar-refractivity contribution in [1.29, 1.82) is 0 Å². The molecule has 7 nitrogen and oxygen atoms in total. The van der Waals surface area contributed by atoms with Crippen LogP contribution in [0.1, 0.15) is 24.8 Å². The summed E-state index contributed by atoms with van der Waals surface area (Å²) in [6.07, 6.45) is 6.27. The lowest BCUT2D eigenvalue weighted by molar-refractivity contribution is 0.229. The number of anilines is 2. The molecule has 2 atom stereocenters. The van der Waals surface area contributed by atoms with Gasteiger partial charge in [0.05, 0.1) is 11.8 Å². The first-order chi connectivity index (χ1) is 12.5. The van der Waals surface area contributed by atoms with Gasteiger partial charge in [0.2, 0.25) is 5.95 Å². The van der Waals surface area contributed by atoms with E-state index in [2.05, 4.69) is 20.3 Å². The van der Waals surface area contributed by atoms with Crippen molar-refractivity contribution in [3.05, 3.63) is 29.2 Å². The number of aromatic nitrogens is 3. The van der Waals surface area contributed by atoms with Gasteiger partial charge in [0.1, 0.15) is 16.7 Å². The fraction of sp³-hybridized carbons (Fsp3) is 0.389. The van der Waals surface area contributed by atoms with Gasteiger partial charge in [-0.05, 0) is 43.7 Å². The molecule has 4 N–H and O–H groups in total. The number of nitrogens with one attached hydrogen (secondary N) is 1. The van der Waals surface area contributed by atoms with Crippen molar-refractivity contribution in [2.75, 3.05) is 17.7 Å². The molecule has 1 aliphatic carbocycles. The maximum Gasteiger partial charge on any atom is 0.223 e. The van der Waals surface area contributed by atoms with Crippen LogP contribution in [-0.2, 0) is 0 Å². The highest BCUT2D eigenvalue weighted by Gasteiger charge is 2.27. The Kier molecular flexibility index (Phi) is 4.42. The molecule has 0 radical (unpaired) electrons. The van der Waals surface area contributed by atoms with E-state index >= 15 is 0 Å². The highest BCUT2D eigenvalue weighted by Crippen LogP contribution is 2.38. The lowest BCUT2D eigenvalue weighted by Gasteiger charge is -2.16. The lowest BCUT2D eigenvalue weighted by Crippen LogP contribution is -2.18. The number of rotatable bonds is 4. The first-order valence-corrected chi connectivity index (χ1v) is 8.98. The number of pyridine rings is 1. The summed E-state index contributed by atoms with van der Waals surface area (Å²) in [4.78, 5) is 12.6. The van der Waals surface area contributed by atoms with Crippen molar-refractivity contribution in [3.8, 4) is 11.3 Å². The molecule has 0 aromatic carbocycles. The lowest BCUT2D eigenvalue weighted by atomic mass is 10.1. The summed E-state index contributed by atoms with van der Waals surface area (Å²) in [5.74, 6) is 1.54. The molecular weight excluding hydrogens is 354 g/mol. The summed E-state index contributed by atoms with van der Waals surface area (Å²) in [5.41, 5.74) is 8.09. The number of aliphatic hydroxyl groups excluding tert-OH is 1. The number of fused-ring (bicyclic) bond motifs is 1. The maximum atomic E-state index is 9.36. The second-order valence-corrected chi connectivity index (χ2v) is 7.14. The second kappa shape index (κ2) is 6.74. The quantitative estimate of drug-likeness (QED) is 0.601. The maximum absolute atomic E-state index is 9.36. The van der Waals surface area contributed by atoms with Gasteiger partial charge in [-0.3, -0.25) is 4.98 Å². The van der Waals surface area contributed by atoms with Gasteiger partial charge in [-0.1, -0.05) is 11.6 Å². The minimum Gasteiger partial charge on any atom is -0.454 e. The molecule has 0 aliphatic heterocycles. The molecule has 136 valence electrons. The number of halogens is 1. The van der Waals surface area contributed by atoms with Crippen molar-refractivity contribution in [1.82, 2.24) is 15.0 Å². The summed E-state index contributed by atoms with van der Waals surface area (Å²) in [5, 5.41) is 14.0. The fourth-order valence-electron chi connectivity index (χ4n) is 3.56. The van der Waals surface area contributed by atoms with Crippen molar-refractivity contribution in [2.24, 2.45) is 5.92 Å². The van der Waals surface area contributed by atoms with Gasteiger partial charge >= 0.3 is 0 Å².